The van der Waals surface area contributed by atoms with Crippen LogP contribution < -0.4 is 0 Å². The Kier molecular flexibility index (Phi) is 5.20. The topological polar surface area (TPSA) is 37.3 Å². The number of Topliss-reactive ketones (excluding diaryl/α,β-unsaturated/α-hetero) is 1. The van der Waals surface area contributed by atoms with Crippen molar-refractivity contribution in [1.29, 1.82) is 0 Å². The molecule has 0 aromatic rings. The van der Waals surface area contributed by atoms with E-state index in [9.17, 15) is 9.90 Å². The first-order chi connectivity index (χ1) is 14.9. The van der Waals surface area contributed by atoms with Crippen molar-refractivity contribution in [2.45, 2.75) is 99.3 Å². The predicted octanol–water partition coefficient (Wildman–Crippen LogP) is 7.06. The zero-order chi connectivity index (χ0) is 23.3. The molecule has 0 saturated heterocycles. The average Bonchev–Trinajstić information content (AvgIpc) is 2.74. The van der Waals surface area contributed by atoms with E-state index in [-0.39, 0.29) is 10.8 Å². The number of carbonyl (C=O) groups excluding carboxylic acids is 1. The first-order valence-corrected chi connectivity index (χ1v) is 13.7. The summed E-state index contributed by atoms with van der Waals surface area (Å²) in [7, 11) is 0. The summed E-state index contributed by atoms with van der Waals surface area (Å²) in [4.78, 5) is 12.9. The third-order valence-corrected chi connectivity index (χ3v) is 13.0. The molecule has 1 N–H and O–H groups in total. The van der Waals surface area contributed by atoms with Gasteiger partial charge in [0, 0.05) is 23.9 Å². The SMILES string of the molecule is C=C1CC2(CO)CCC3C(CCC4C3(C)CCC3C(C)(C)C(=O)CCC34C)C2C(C)C1C. The van der Waals surface area contributed by atoms with Crippen LogP contribution in [0.5, 0.6) is 0 Å². The Morgan fingerprint density at radius 3 is 2.34 bits per heavy atom. The fourth-order valence-electron chi connectivity index (χ4n) is 11.3. The summed E-state index contributed by atoms with van der Waals surface area (Å²) in [5.41, 5.74) is 2.00. The molecule has 0 aromatic carbocycles. The van der Waals surface area contributed by atoms with Gasteiger partial charge in [-0.05, 0) is 104 Å². The Balaban J connectivity index is 1.50. The maximum atomic E-state index is 12.9. The van der Waals surface area contributed by atoms with Gasteiger partial charge in [-0.2, -0.15) is 0 Å². The Hall–Kier alpha value is -0.630. The maximum Gasteiger partial charge on any atom is 0.138 e. The fraction of sp³-hybridized carbons (Fsp3) is 0.900. The van der Waals surface area contributed by atoms with E-state index < -0.39 is 0 Å². The van der Waals surface area contributed by atoms with Crippen molar-refractivity contribution in [2.24, 2.45) is 63.1 Å². The number of aliphatic hydroxyl groups excluding tert-OH is 1. The number of ketones is 1. The zero-order valence-electron chi connectivity index (χ0n) is 21.7. The number of allylic oxidation sites excluding steroid dienone is 1. The van der Waals surface area contributed by atoms with Gasteiger partial charge >= 0.3 is 0 Å². The van der Waals surface area contributed by atoms with Crippen LogP contribution in [0.3, 0.4) is 0 Å². The molecule has 0 bridgehead atoms. The summed E-state index contributed by atoms with van der Waals surface area (Å²) in [6, 6.07) is 0. The summed E-state index contributed by atoms with van der Waals surface area (Å²) in [5, 5.41) is 10.7. The Bertz CT molecular complexity index is 812. The Morgan fingerprint density at radius 1 is 0.938 bits per heavy atom. The van der Waals surface area contributed by atoms with Gasteiger partial charge in [-0.25, -0.2) is 0 Å². The molecule has 0 heterocycles. The lowest BCUT2D eigenvalue weighted by molar-refractivity contribution is -0.209. The minimum absolute atomic E-state index is 0.0771. The van der Waals surface area contributed by atoms with E-state index in [4.69, 9.17) is 0 Å². The molecule has 32 heavy (non-hydrogen) atoms. The standard InChI is InChI=1S/C30H48O2/c1-18-16-30(17-31)15-10-22-21(26(30)20(3)19(18)2)8-9-24-28(22,6)13-11-23-27(4,5)25(32)12-14-29(23,24)7/h19-24,26,31H,1,8-17H2,2-7H3. The molecule has 10 unspecified atom stereocenters. The normalized spacial score (nSPS) is 54.8. The number of fused-ring (bicyclic) bond motifs is 7. The molecule has 10 atom stereocenters. The third-order valence-electron chi connectivity index (χ3n) is 13.0. The van der Waals surface area contributed by atoms with E-state index in [0.717, 1.165) is 37.0 Å². The lowest BCUT2D eigenvalue weighted by Gasteiger charge is -2.70. The van der Waals surface area contributed by atoms with Crippen LogP contribution in [0.2, 0.25) is 0 Å². The van der Waals surface area contributed by atoms with E-state index in [1.807, 2.05) is 0 Å². The van der Waals surface area contributed by atoms with Crippen molar-refractivity contribution in [3.63, 3.8) is 0 Å². The second-order valence-corrected chi connectivity index (χ2v) is 14.2. The second kappa shape index (κ2) is 7.19. The average molecular weight is 441 g/mol. The molecule has 5 saturated carbocycles. The second-order valence-electron chi connectivity index (χ2n) is 14.2. The summed E-state index contributed by atoms with van der Waals surface area (Å²) in [5.74, 6) is 5.16. The van der Waals surface area contributed by atoms with E-state index in [0.29, 0.717) is 46.9 Å². The van der Waals surface area contributed by atoms with Crippen molar-refractivity contribution >= 4 is 5.78 Å². The molecule has 5 rings (SSSR count). The first-order valence-electron chi connectivity index (χ1n) is 13.7. The highest BCUT2D eigenvalue weighted by Gasteiger charge is 2.66. The van der Waals surface area contributed by atoms with Crippen molar-refractivity contribution < 1.29 is 9.90 Å². The van der Waals surface area contributed by atoms with Crippen LogP contribution >= 0.6 is 0 Å². The smallest absolute Gasteiger partial charge is 0.138 e. The van der Waals surface area contributed by atoms with Crippen LogP contribution in [0.4, 0.5) is 0 Å². The summed E-state index contributed by atoms with van der Waals surface area (Å²) >= 11 is 0. The van der Waals surface area contributed by atoms with Crippen LogP contribution in [-0.4, -0.2) is 17.5 Å². The van der Waals surface area contributed by atoms with Crippen LogP contribution in [0.15, 0.2) is 12.2 Å². The highest BCUT2D eigenvalue weighted by molar-refractivity contribution is 5.85. The Morgan fingerprint density at radius 2 is 1.66 bits per heavy atom. The minimum Gasteiger partial charge on any atom is -0.396 e. The van der Waals surface area contributed by atoms with Gasteiger partial charge < -0.3 is 5.11 Å². The van der Waals surface area contributed by atoms with Crippen molar-refractivity contribution in [3.05, 3.63) is 12.2 Å². The number of carbonyl (C=O) groups is 1. The van der Waals surface area contributed by atoms with E-state index in [1.165, 1.54) is 44.1 Å². The van der Waals surface area contributed by atoms with Crippen LogP contribution in [-0.2, 0) is 4.79 Å². The monoisotopic (exact) mass is 440 g/mol. The van der Waals surface area contributed by atoms with E-state index in [1.54, 1.807) is 0 Å². The van der Waals surface area contributed by atoms with Gasteiger partial charge in [-0.3, -0.25) is 4.79 Å². The molecule has 0 amide bonds. The molecular formula is C30H48O2. The zero-order valence-corrected chi connectivity index (χ0v) is 21.7. The molecule has 180 valence electrons. The van der Waals surface area contributed by atoms with E-state index in [2.05, 4.69) is 48.1 Å². The summed E-state index contributed by atoms with van der Waals surface area (Å²) < 4.78 is 0. The maximum absolute atomic E-state index is 12.9. The van der Waals surface area contributed by atoms with Crippen LogP contribution in [0.25, 0.3) is 0 Å². The van der Waals surface area contributed by atoms with Crippen molar-refractivity contribution in [1.82, 2.24) is 0 Å². The number of rotatable bonds is 1. The lowest BCUT2D eigenvalue weighted by Crippen LogP contribution is -2.64. The minimum atomic E-state index is -0.155. The molecule has 2 nitrogen and oxygen atoms in total. The molecule has 5 aliphatic rings. The van der Waals surface area contributed by atoms with Gasteiger partial charge in [0.2, 0.25) is 0 Å². The van der Waals surface area contributed by atoms with Crippen molar-refractivity contribution in [2.75, 3.05) is 6.61 Å². The van der Waals surface area contributed by atoms with Crippen LogP contribution in [0, 0.1) is 63.1 Å². The molecule has 0 spiro atoms. The molecule has 0 aliphatic heterocycles. The molecule has 5 aliphatic carbocycles. The van der Waals surface area contributed by atoms with Gasteiger partial charge in [0.1, 0.15) is 5.78 Å². The van der Waals surface area contributed by atoms with Gasteiger partial charge in [-0.15, -0.1) is 0 Å². The molecule has 2 heteroatoms. The third kappa shape index (κ3) is 2.77. The van der Waals surface area contributed by atoms with Crippen molar-refractivity contribution in [3.8, 4) is 0 Å². The first kappa shape index (κ1) is 23.1. The quantitative estimate of drug-likeness (QED) is 0.443. The molecule has 0 radical (unpaired) electrons. The molecule has 0 aromatic heterocycles. The van der Waals surface area contributed by atoms with Gasteiger partial charge in [0.15, 0.2) is 0 Å². The number of hydrogen-bond acceptors (Lipinski definition) is 2. The lowest BCUT2D eigenvalue weighted by atomic mass is 9.35. The van der Waals surface area contributed by atoms with E-state index >= 15 is 0 Å². The fourth-order valence-corrected chi connectivity index (χ4v) is 11.3. The summed E-state index contributed by atoms with van der Waals surface area (Å²) in [6.07, 6.45) is 10.6. The van der Waals surface area contributed by atoms with Gasteiger partial charge in [0.05, 0.1) is 0 Å². The largest absolute Gasteiger partial charge is 0.396 e. The van der Waals surface area contributed by atoms with Gasteiger partial charge in [0.25, 0.3) is 0 Å². The molecule has 5 fully saturated rings. The van der Waals surface area contributed by atoms with Crippen LogP contribution in [0.1, 0.15) is 99.3 Å². The number of hydrogen-bond donors (Lipinski definition) is 1. The Labute approximate surface area is 197 Å². The van der Waals surface area contributed by atoms with Gasteiger partial charge in [-0.1, -0.05) is 53.7 Å². The number of aliphatic hydroxyl groups is 1. The highest BCUT2D eigenvalue weighted by atomic mass is 16.3. The summed E-state index contributed by atoms with van der Waals surface area (Å²) in [6.45, 7) is 19.4. The predicted molar refractivity (Wildman–Crippen MR) is 131 cm³/mol. The highest BCUT2D eigenvalue weighted by Crippen LogP contribution is 2.73. The molecular weight excluding hydrogens is 392 g/mol.